The summed E-state index contributed by atoms with van der Waals surface area (Å²) in [7, 11) is 0. The maximum atomic E-state index is 11.0. The molecule has 6 heteroatoms. The molecule has 0 spiro atoms. The predicted molar refractivity (Wildman–Crippen MR) is 72.6 cm³/mol. The van der Waals surface area contributed by atoms with E-state index in [9.17, 15) is 14.9 Å². The molecule has 18 heavy (non-hydrogen) atoms. The van der Waals surface area contributed by atoms with E-state index in [2.05, 4.69) is 0 Å². The molecule has 1 aromatic rings. The molecule has 0 heterocycles. The molecule has 0 aliphatic carbocycles. The highest BCUT2D eigenvalue weighted by molar-refractivity contribution is 7.98. The van der Waals surface area contributed by atoms with Crippen LogP contribution in [0.5, 0.6) is 0 Å². The minimum Gasteiger partial charge on any atom is -0.366 e. The van der Waals surface area contributed by atoms with Crippen molar-refractivity contribution >= 4 is 23.4 Å². The molecule has 5 nitrogen and oxygen atoms in total. The Morgan fingerprint density at radius 1 is 1.56 bits per heavy atom. The number of nitro benzene ring substituents is 1. The van der Waals surface area contributed by atoms with Gasteiger partial charge < -0.3 is 5.73 Å². The summed E-state index contributed by atoms with van der Waals surface area (Å²) in [4.78, 5) is 21.4. The lowest BCUT2D eigenvalue weighted by Gasteiger charge is -2.03. The van der Waals surface area contributed by atoms with Gasteiger partial charge in [-0.25, -0.2) is 0 Å². The quantitative estimate of drug-likeness (QED) is 0.371. The highest BCUT2D eigenvalue weighted by Gasteiger charge is 2.15. The lowest BCUT2D eigenvalue weighted by Crippen LogP contribution is -2.11. The van der Waals surface area contributed by atoms with Crippen molar-refractivity contribution in [2.45, 2.75) is 12.7 Å². The molecule has 0 atom stereocenters. The van der Waals surface area contributed by atoms with Gasteiger partial charge in [0.05, 0.1) is 4.92 Å². The van der Waals surface area contributed by atoms with Gasteiger partial charge in [-0.05, 0) is 13.0 Å². The molecule has 0 saturated heterocycles. The lowest BCUT2D eigenvalue weighted by molar-refractivity contribution is -0.385. The monoisotopic (exact) mass is 266 g/mol. The van der Waals surface area contributed by atoms with E-state index < -0.39 is 10.8 Å². The van der Waals surface area contributed by atoms with Gasteiger partial charge in [0.25, 0.3) is 5.69 Å². The van der Waals surface area contributed by atoms with Crippen LogP contribution >= 0.6 is 11.8 Å². The van der Waals surface area contributed by atoms with Crippen molar-refractivity contribution in [1.29, 1.82) is 0 Å². The van der Waals surface area contributed by atoms with Gasteiger partial charge in [-0.15, -0.1) is 0 Å². The van der Waals surface area contributed by atoms with Crippen molar-refractivity contribution in [3.8, 4) is 0 Å². The molecule has 0 unspecified atom stereocenters. The van der Waals surface area contributed by atoms with E-state index in [1.807, 2.05) is 19.1 Å². The summed E-state index contributed by atoms with van der Waals surface area (Å²) in [5.41, 5.74) is 5.79. The highest BCUT2D eigenvalue weighted by Crippen LogP contribution is 2.24. The maximum Gasteiger partial charge on any atom is 0.274 e. The van der Waals surface area contributed by atoms with E-state index in [1.165, 1.54) is 12.1 Å². The van der Waals surface area contributed by atoms with Gasteiger partial charge in [0.2, 0.25) is 5.91 Å². The minimum atomic E-state index is -0.661. The number of rotatable bonds is 6. The zero-order chi connectivity index (χ0) is 13.5. The van der Waals surface area contributed by atoms with Crippen molar-refractivity contribution in [1.82, 2.24) is 0 Å². The Morgan fingerprint density at radius 3 is 2.83 bits per heavy atom. The average Bonchev–Trinajstić information content (AvgIpc) is 2.34. The first-order valence-corrected chi connectivity index (χ1v) is 6.47. The summed E-state index contributed by atoms with van der Waals surface area (Å²) < 4.78 is 0. The standard InChI is InChI=1S/C12H14N2O3S/c1-2-3-6-18-8-10-5-4-9(12(13)15)7-11(10)14(16)17/h2-5,7H,6,8H2,1H3,(H2,13,15)/b3-2+. The van der Waals surface area contributed by atoms with Crippen LogP contribution < -0.4 is 5.73 Å². The van der Waals surface area contributed by atoms with E-state index in [0.29, 0.717) is 11.3 Å². The Morgan fingerprint density at radius 2 is 2.28 bits per heavy atom. The second kappa shape index (κ2) is 6.80. The number of amides is 1. The van der Waals surface area contributed by atoms with Crippen LogP contribution in [0.3, 0.4) is 0 Å². The summed E-state index contributed by atoms with van der Waals surface area (Å²) in [6, 6.07) is 4.33. The summed E-state index contributed by atoms with van der Waals surface area (Å²) in [6.45, 7) is 1.92. The van der Waals surface area contributed by atoms with Crippen LogP contribution in [-0.2, 0) is 5.75 Å². The van der Waals surface area contributed by atoms with Gasteiger partial charge in [-0.1, -0.05) is 18.2 Å². The van der Waals surface area contributed by atoms with E-state index in [-0.39, 0.29) is 11.3 Å². The Hall–Kier alpha value is -1.82. The van der Waals surface area contributed by atoms with E-state index >= 15 is 0 Å². The van der Waals surface area contributed by atoms with Crippen molar-refractivity contribution < 1.29 is 9.72 Å². The molecule has 1 amide bonds. The molecule has 0 aliphatic rings. The fraction of sp³-hybridized carbons (Fsp3) is 0.250. The molecular formula is C12H14N2O3S. The van der Waals surface area contributed by atoms with Gasteiger partial charge in [0.15, 0.2) is 0 Å². The number of primary amides is 1. The van der Waals surface area contributed by atoms with Crippen molar-refractivity contribution in [2.75, 3.05) is 5.75 Å². The second-order valence-electron chi connectivity index (χ2n) is 3.55. The molecule has 0 saturated carbocycles. The van der Waals surface area contributed by atoms with Crippen LogP contribution in [0, 0.1) is 10.1 Å². The smallest absolute Gasteiger partial charge is 0.274 e. The first kappa shape index (κ1) is 14.2. The number of hydrogen-bond acceptors (Lipinski definition) is 4. The Labute approximate surface area is 109 Å². The summed E-state index contributed by atoms with van der Waals surface area (Å²) >= 11 is 1.57. The first-order valence-electron chi connectivity index (χ1n) is 5.32. The number of thioether (sulfide) groups is 1. The number of carbonyl (C=O) groups excluding carboxylic acids is 1. The van der Waals surface area contributed by atoms with Crippen LogP contribution in [0.1, 0.15) is 22.8 Å². The molecule has 1 rings (SSSR count). The van der Waals surface area contributed by atoms with Crippen LogP contribution in [0.25, 0.3) is 0 Å². The number of hydrogen-bond donors (Lipinski definition) is 1. The van der Waals surface area contributed by atoms with E-state index in [1.54, 1.807) is 17.8 Å². The summed E-state index contributed by atoms with van der Waals surface area (Å²) in [6.07, 6.45) is 3.91. The molecule has 2 N–H and O–H groups in total. The third-order valence-corrected chi connectivity index (χ3v) is 3.22. The summed E-state index contributed by atoms with van der Waals surface area (Å²) in [5, 5.41) is 10.9. The molecule has 0 fully saturated rings. The van der Waals surface area contributed by atoms with Crippen molar-refractivity contribution in [3.05, 3.63) is 51.6 Å². The molecular weight excluding hydrogens is 252 g/mol. The zero-order valence-corrected chi connectivity index (χ0v) is 10.8. The average molecular weight is 266 g/mol. The molecule has 0 aromatic heterocycles. The first-order chi connectivity index (χ1) is 8.56. The molecule has 0 bridgehead atoms. The number of carbonyl (C=O) groups is 1. The number of nitrogens with zero attached hydrogens (tertiary/aromatic N) is 1. The van der Waals surface area contributed by atoms with Gasteiger partial charge in [-0.3, -0.25) is 14.9 Å². The predicted octanol–water partition coefficient (Wildman–Crippen LogP) is 2.50. The topological polar surface area (TPSA) is 86.2 Å². The summed E-state index contributed by atoms with van der Waals surface area (Å²) in [5.74, 6) is 0.663. The van der Waals surface area contributed by atoms with Crippen molar-refractivity contribution in [3.63, 3.8) is 0 Å². The Kier molecular flexibility index (Phi) is 5.38. The Balaban J connectivity index is 2.90. The molecule has 0 aliphatic heterocycles. The second-order valence-corrected chi connectivity index (χ2v) is 4.58. The van der Waals surface area contributed by atoms with Crippen LogP contribution in [0.15, 0.2) is 30.4 Å². The number of allylic oxidation sites excluding steroid dienone is 1. The molecule has 96 valence electrons. The van der Waals surface area contributed by atoms with Crippen LogP contribution in [0.2, 0.25) is 0 Å². The lowest BCUT2D eigenvalue weighted by atomic mass is 10.1. The van der Waals surface area contributed by atoms with Gasteiger partial charge in [0, 0.05) is 28.7 Å². The minimum absolute atomic E-state index is 0.0562. The SMILES string of the molecule is C/C=C/CSCc1ccc(C(N)=O)cc1[N+](=O)[O-]. The van der Waals surface area contributed by atoms with Gasteiger partial charge >= 0.3 is 0 Å². The number of nitro groups is 1. The fourth-order valence-corrected chi connectivity index (χ4v) is 2.25. The fourth-order valence-electron chi connectivity index (χ4n) is 1.34. The number of nitrogens with two attached hydrogens (primary N) is 1. The molecule has 0 radical (unpaired) electrons. The van der Waals surface area contributed by atoms with E-state index in [0.717, 1.165) is 5.75 Å². The third kappa shape index (κ3) is 3.89. The van der Waals surface area contributed by atoms with Crippen LogP contribution in [0.4, 0.5) is 5.69 Å². The molecule has 1 aromatic carbocycles. The zero-order valence-electron chi connectivity index (χ0n) is 9.96. The van der Waals surface area contributed by atoms with Crippen LogP contribution in [-0.4, -0.2) is 16.6 Å². The Bertz CT molecular complexity index is 486. The van der Waals surface area contributed by atoms with Crippen molar-refractivity contribution in [2.24, 2.45) is 5.73 Å². The highest BCUT2D eigenvalue weighted by atomic mass is 32.2. The van der Waals surface area contributed by atoms with Gasteiger partial charge in [0.1, 0.15) is 0 Å². The van der Waals surface area contributed by atoms with Gasteiger partial charge in [-0.2, -0.15) is 11.8 Å². The normalized spacial score (nSPS) is 10.7. The largest absolute Gasteiger partial charge is 0.366 e. The van der Waals surface area contributed by atoms with E-state index in [4.69, 9.17) is 5.73 Å². The number of benzene rings is 1. The maximum absolute atomic E-state index is 11.0. The third-order valence-electron chi connectivity index (χ3n) is 2.27.